The van der Waals surface area contributed by atoms with Gasteiger partial charge in [0.05, 0.1) is 5.69 Å². The summed E-state index contributed by atoms with van der Waals surface area (Å²) in [7, 11) is 3.81. The number of hydrazine groups is 1. The van der Waals surface area contributed by atoms with Crippen molar-refractivity contribution in [3.63, 3.8) is 0 Å². The quantitative estimate of drug-likeness (QED) is 0.557. The van der Waals surface area contributed by atoms with Crippen LogP contribution in [0.4, 0.5) is 5.69 Å². The van der Waals surface area contributed by atoms with E-state index in [2.05, 4.69) is 31.9 Å². The maximum Gasteiger partial charge on any atom is 0.290 e. The van der Waals surface area contributed by atoms with Crippen LogP contribution >= 0.6 is 15.9 Å². The molecule has 0 saturated carbocycles. The van der Waals surface area contributed by atoms with Gasteiger partial charge in [0.2, 0.25) is 0 Å². The predicted molar refractivity (Wildman–Crippen MR) is 124 cm³/mol. The zero-order valence-corrected chi connectivity index (χ0v) is 19.1. The molecule has 2 aromatic carbocycles. The van der Waals surface area contributed by atoms with Gasteiger partial charge in [-0.05, 0) is 62.1 Å². The number of nitrogens with zero attached hydrogens (tertiary/aromatic N) is 3. The number of hydrogen-bond acceptors (Lipinski definition) is 4. The second kappa shape index (κ2) is 8.93. The Labute approximate surface area is 189 Å². The van der Waals surface area contributed by atoms with Gasteiger partial charge < -0.3 is 4.90 Å². The molecule has 0 saturated heterocycles. The minimum absolute atomic E-state index is 0.358. The number of anilines is 1. The summed E-state index contributed by atoms with van der Waals surface area (Å²) in [6, 6.07) is 15.0. The van der Waals surface area contributed by atoms with Crippen LogP contribution in [0.5, 0.6) is 0 Å². The zero-order valence-electron chi connectivity index (χ0n) is 17.5. The molecule has 0 spiro atoms. The second-order valence-electron chi connectivity index (χ2n) is 7.73. The van der Waals surface area contributed by atoms with Crippen molar-refractivity contribution < 1.29 is 9.59 Å². The first-order chi connectivity index (χ1) is 14.9. The molecule has 2 N–H and O–H groups in total. The summed E-state index contributed by atoms with van der Waals surface area (Å²) in [5.74, 6) is -0.790. The molecular weight excluding hydrogens is 458 g/mol. The molecular formula is C23H24BrN5O2. The van der Waals surface area contributed by atoms with Crippen LogP contribution < -0.4 is 15.8 Å². The summed E-state index contributed by atoms with van der Waals surface area (Å²) in [6.45, 7) is 0. The van der Waals surface area contributed by atoms with Gasteiger partial charge in [0.15, 0.2) is 5.69 Å². The first-order valence-electron chi connectivity index (χ1n) is 10.2. The second-order valence-corrected chi connectivity index (χ2v) is 8.64. The highest BCUT2D eigenvalue weighted by atomic mass is 79.9. The van der Waals surface area contributed by atoms with Gasteiger partial charge in [0.25, 0.3) is 11.8 Å². The molecule has 1 aliphatic rings. The topological polar surface area (TPSA) is 79.3 Å². The van der Waals surface area contributed by atoms with Crippen LogP contribution in [0, 0.1) is 0 Å². The Morgan fingerprint density at radius 1 is 1.00 bits per heavy atom. The molecule has 0 bridgehead atoms. The van der Waals surface area contributed by atoms with Crippen LogP contribution in [0.2, 0.25) is 0 Å². The first kappa shape index (κ1) is 21.1. The highest BCUT2D eigenvalue weighted by molar-refractivity contribution is 9.10. The molecule has 4 rings (SSSR count). The van der Waals surface area contributed by atoms with Gasteiger partial charge in [-0.3, -0.25) is 20.4 Å². The number of rotatable bonds is 4. The molecule has 160 valence electrons. The van der Waals surface area contributed by atoms with Crippen LogP contribution in [-0.2, 0) is 12.8 Å². The Kier molecular flexibility index (Phi) is 6.08. The van der Waals surface area contributed by atoms with Crippen LogP contribution in [0.3, 0.4) is 0 Å². The minimum atomic E-state index is -0.413. The fourth-order valence-corrected chi connectivity index (χ4v) is 4.16. The number of amides is 2. The molecule has 0 atom stereocenters. The maximum atomic E-state index is 12.9. The third-order valence-electron chi connectivity index (χ3n) is 5.36. The smallest absolute Gasteiger partial charge is 0.290 e. The van der Waals surface area contributed by atoms with Gasteiger partial charge in [0.1, 0.15) is 0 Å². The van der Waals surface area contributed by atoms with E-state index in [9.17, 15) is 9.59 Å². The summed E-state index contributed by atoms with van der Waals surface area (Å²) in [5, 5.41) is 4.62. The number of halogens is 1. The van der Waals surface area contributed by atoms with Crippen molar-refractivity contribution >= 4 is 33.4 Å². The van der Waals surface area contributed by atoms with E-state index in [4.69, 9.17) is 0 Å². The average Bonchev–Trinajstić information content (AvgIpc) is 3.17. The largest absolute Gasteiger partial charge is 0.378 e. The van der Waals surface area contributed by atoms with Crippen LogP contribution in [0.1, 0.15) is 44.9 Å². The van der Waals surface area contributed by atoms with Crippen molar-refractivity contribution in [1.29, 1.82) is 0 Å². The molecule has 0 fully saturated rings. The Morgan fingerprint density at radius 3 is 2.52 bits per heavy atom. The van der Waals surface area contributed by atoms with Gasteiger partial charge in [-0.1, -0.05) is 28.1 Å². The van der Waals surface area contributed by atoms with E-state index in [1.165, 1.54) is 0 Å². The lowest BCUT2D eigenvalue weighted by Gasteiger charge is -2.14. The van der Waals surface area contributed by atoms with E-state index in [0.717, 1.165) is 52.8 Å². The number of hydrogen-bond donors (Lipinski definition) is 2. The predicted octanol–water partition coefficient (Wildman–Crippen LogP) is 3.65. The summed E-state index contributed by atoms with van der Waals surface area (Å²) in [6.07, 6.45) is 3.74. The fraction of sp³-hybridized carbons (Fsp3) is 0.261. The molecule has 1 aromatic heterocycles. The van der Waals surface area contributed by atoms with E-state index in [1.807, 2.05) is 60.1 Å². The Morgan fingerprint density at radius 2 is 1.74 bits per heavy atom. The maximum absolute atomic E-state index is 12.9. The van der Waals surface area contributed by atoms with E-state index >= 15 is 0 Å². The minimum Gasteiger partial charge on any atom is -0.378 e. The van der Waals surface area contributed by atoms with Crippen molar-refractivity contribution in [2.45, 2.75) is 25.7 Å². The van der Waals surface area contributed by atoms with Crippen molar-refractivity contribution in [3.05, 3.63) is 75.5 Å². The zero-order chi connectivity index (χ0) is 22.0. The summed E-state index contributed by atoms with van der Waals surface area (Å²) in [5.41, 5.74) is 9.68. The van der Waals surface area contributed by atoms with Crippen LogP contribution in [0.25, 0.3) is 5.69 Å². The standard InChI is InChI=1S/C23H24BrN5O2/c1-28(2)17-9-5-7-15(13-17)22(30)25-26-23(31)21-19-11-3-4-12-20(19)29(27-21)18-10-6-8-16(24)14-18/h5-10,13-14H,3-4,11-12H2,1-2H3,(H,25,30)(H,26,31). The number of carbonyl (C=O) groups is 2. The lowest BCUT2D eigenvalue weighted by atomic mass is 9.95. The Bertz CT molecular complexity index is 1140. The summed E-state index contributed by atoms with van der Waals surface area (Å²) >= 11 is 3.50. The molecule has 0 radical (unpaired) electrons. The third-order valence-corrected chi connectivity index (χ3v) is 5.86. The average molecular weight is 482 g/mol. The normalized spacial score (nSPS) is 12.7. The number of fused-ring (bicyclic) bond motifs is 1. The number of nitrogens with one attached hydrogen (secondary N) is 2. The van der Waals surface area contributed by atoms with Crippen molar-refractivity contribution in [1.82, 2.24) is 20.6 Å². The monoisotopic (exact) mass is 481 g/mol. The van der Waals surface area contributed by atoms with Crippen LogP contribution in [0.15, 0.2) is 53.0 Å². The molecule has 3 aromatic rings. The highest BCUT2D eigenvalue weighted by Gasteiger charge is 2.26. The highest BCUT2D eigenvalue weighted by Crippen LogP contribution is 2.27. The van der Waals surface area contributed by atoms with E-state index in [-0.39, 0.29) is 5.91 Å². The number of carbonyl (C=O) groups excluding carboxylic acids is 2. The first-order valence-corrected chi connectivity index (χ1v) is 11.0. The third kappa shape index (κ3) is 4.49. The molecule has 1 heterocycles. The van der Waals surface area contributed by atoms with E-state index in [0.29, 0.717) is 11.3 Å². The summed E-state index contributed by atoms with van der Waals surface area (Å²) < 4.78 is 2.79. The molecule has 2 amide bonds. The van der Waals surface area contributed by atoms with Gasteiger partial charge in [-0.2, -0.15) is 5.10 Å². The van der Waals surface area contributed by atoms with Crippen LogP contribution in [-0.4, -0.2) is 35.7 Å². The molecule has 1 aliphatic carbocycles. The van der Waals surface area contributed by atoms with E-state index in [1.54, 1.807) is 12.1 Å². The number of benzene rings is 2. The Balaban J connectivity index is 1.55. The molecule has 0 aliphatic heterocycles. The lowest BCUT2D eigenvalue weighted by Crippen LogP contribution is -2.42. The number of aromatic nitrogens is 2. The van der Waals surface area contributed by atoms with Crippen molar-refractivity contribution in [2.24, 2.45) is 0 Å². The van der Waals surface area contributed by atoms with E-state index < -0.39 is 5.91 Å². The van der Waals surface area contributed by atoms with Crippen molar-refractivity contribution in [3.8, 4) is 5.69 Å². The Hall–Kier alpha value is -3.13. The van der Waals surface area contributed by atoms with Gasteiger partial charge in [0, 0.05) is 41.1 Å². The van der Waals surface area contributed by atoms with Gasteiger partial charge in [-0.25, -0.2) is 4.68 Å². The molecule has 8 heteroatoms. The molecule has 31 heavy (non-hydrogen) atoms. The SMILES string of the molecule is CN(C)c1cccc(C(=O)NNC(=O)c2nn(-c3cccc(Br)c3)c3c2CCCC3)c1. The molecule has 7 nitrogen and oxygen atoms in total. The molecule has 0 unspecified atom stereocenters. The van der Waals surface area contributed by atoms with Crippen molar-refractivity contribution in [2.75, 3.05) is 19.0 Å². The lowest BCUT2D eigenvalue weighted by molar-refractivity contribution is 0.0843. The van der Waals surface area contributed by atoms with Gasteiger partial charge >= 0.3 is 0 Å². The van der Waals surface area contributed by atoms with Gasteiger partial charge in [-0.15, -0.1) is 0 Å². The fourth-order valence-electron chi connectivity index (χ4n) is 3.77. The summed E-state index contributed by atoms with van der Waals surface area (Å²) in [4.78, 5) is 27.4.